The fourth-order valence-electron chi connectivity index (χ4n) is 2.97. The van der Waals surface area contributed by atoms with E-state index in [4.69, 9.17) is 5.26 Å². The average Bonchev–Trinajstić information content (AvgIpc) is 3.50. The highest BCUT2D eigenvalue weighted by Gasteiger charge is 2.49. The van der Waals surface area contributed by atoms with E-state index in [0.717, 1.165) is 43.9 Å². The highest BCUT2D eigenvalue weighted by Crippen LogP contribution is 2.35. The number of alkyl halides is 3. The highest BCUT2D eigenvalue weighted by molar-refractivity contribution is 7.88. The van der Waals surface area contributed by atoms with Crippen molar-refractivity contribution in [3.63, 3.8) is 0 Å². The fourth-order valence-corrected chi connectivity index (χ4v) is 5.12. The second-order valence-corrected chi connectivity index (χ2v) is 12.9. The van der Waals surface area contributed by atoms with Crippen molar-refractivity contribution >= 4 is 32.8 Å². The van der Waals surface area contributed by atoms with Gasteiger partial charge in [0.15, 0.2) is 0 Å². The molecule has 0 amide bonds. The van der Waals surface area contributed by atoms with Crippen molar-refractivity contribution in [2.45, 2.75) is 40.1 Å². The third-order valence-corrected chi connectivity index (χ3v) is 8.31. The maximum Gasteiger partial charge on any atom is 0.534 e. The van der Waals surface area contributed by atoms with Crippen LogP contribution >= 0.6 is 22.7 Å². The van der Waals surface area contributed by atoms with Gasteiger partial charge in [-0.25, -0.2) is 9.97 Å². The summed E-state index contributed by atoms with van der Waals surface area (Å²) in [5.41, 5.74) is -0.685. The van der Waals surface area contributed by atoms with Crippen LogP contribution in [0.15, 0.2) is 55.0 Å². The topological polar surface area (TPSA) is 152 Å². The summed E-state index contributed by atoms with van der Waals surface area (Å²) in [6.07, 6.45) is 4.83. The van der Waals surface area contributed by atoms with E-state index < -0.39 is 21.5 Å². The summed E-state index contributed by atoms with van der Waals surface area (Å²) in [4.78, 5) is 21.0. The molecule has 5 heterocycles. The van der Waals surface area contributed by atoms with Gasteiger partial charge in [-0.1, -0.05) is 0 Å². The van der Waals surface area contributed by atoms with Crippen molar-refractivity contribution in [3.05, 3.63) is 87.4 Å². The van der Waals surface area contributed by atoms with Gasteiger partial charge in [0.05, 0.1) is 15.3 Å². The molecule has 5 rings (SSSR count). The molecule has 44 heavy (non-hydrogen) atoms. The Morgan fingerprint density at radius 2 is 1.25 bits per heavy atom. The molecule has 0 atom stereocenters. The molecule has 0 aliphatic carbocycles. The van der Waals surface area contributed by atoms with Gasteiger partial charge < -0.3 is 9.29 Å². The molecule has 0 bridgehead atoms. The lowest BCUT2D eigenvalue weighted by Gasteiger charge is -2.07. The summed E-state index contributed by atoms with van der Waals surface area (Å²) < 4.78 is 62.8. The Labute approximate surface area is 259 Å². The molecule has 0 spiro atoms. The van der Waals surface area contributed by atoms with Gasteiger partial charge >= 0.3 is 15.6 Å². The second-order valence-electron chi connectivity index (χ2n) is 8.94. The molecule has 5 aromatic rings. The zero-order chi connectivity index (χ0) is 32.7. The summed E-state index contributed by atoms with van der Waals surface area (Å²) >= 11 is 2.49. The first-order valence-corrected chi connectivity index (χ1v) is 15.5. The summed E-state index contributed by atoms with van der Waals surface area (Å²) in [5.74, 6) is -0.460. The molecular weight excluding hydrogens is 638 g/mol. The number of nitriles is 1. The highest BCUT2D eigenvalue weighted by atomic mass is 32.2. The molecule has 5 aromatic heterocycles. The van der Waals surface area contributed by atoms with Gasteiger partial charge in [0.25, 0.3) is 0 Å². The standard InChI is InChI=1S/C11H9F3N2O3S2.C10H10N2OS.C7H6N2/c1-6-3-4-8(5-15-6)10-16-9(7(2)20-10)19-21(17,18)11(12,13)14;1-6-3-4-8(5-11-6)10-12-9(13)7(2)14-10;1-6-2-3-7(4-8)5-9-6/h3-5H,1-2H3;3-5,13H,1-2H3;2-3,5H,1H3. The van der Waals surface area contributed by atoms with Gasteiger partial charge in [0.2, 0.25) is 11.8 Å². The summed E-state index contributed by atoms with van der Waals surface area (Å²) in [5, 5.41) is 18.8. The number of hydrogen-bond donors (Lipinski definition) is 1. The van der Waals surface area contributed by atoms with Crippen molar-refractivity contribution in [1.29, 1.82) is 5.26 Å². The molecule has 0 fully saturated rings. The molecule has 0 unspecified atom stereocenters. The lowest BCUT2D eigenvalue weighted by molar-refractivity contribution is -0.0501. The monoisotopic (exact) mass is 662 g/mol. The number of aromatic nitrogens is 5. The van der Waals surface area contributed by atoms with Crippen molar-refractivity contribution < 1.29 is 30.9 Å². The van der Waals surface area contributed by atoms with E-state index in [-0.39, 0.29) is 10.8 Å². The van der Waals surface area contributed by atoms with Crippen molar-refractivity contribution in [3.8, 4) is 39.0 Å². The van der Waals surface area contributed by atoms with Crippen LogP contribution in [0.3, 0.4) is 0 Å². The van der Waals surface area contributed by atoms with E-state index in [9.17, 15) is 26.7 Å². The van der Waals surface area contributed by atoms with Crippen LogP contribution in [0.1, 0.15) is 32.4 Å². The number of thiazole rings is 2. The van der Waals surface area contributed by atoms with Gasteiger partial charge in [-0.15, -0.1) is 22.7 Å². The number of nitrogens with zero attached hydrogens (tertiary/aromatic N) is 6. The van der Waals surface area contributed by atoms with Crippen LogP contribution in [0.5, 0.6) is 11.8 Å². The Bertz CT molecular complexity index is 1830. The molecule has 0 aliphatic rings. The van der Waals surface area contributed by atoms with E-state index in [1.165, 1.54) is 24.5 Å². The first-order valence-electron chi connectivity index (χ1n) is 12.4. The zero-order valence-electron chi connectivity index (χ0n) is 23.9. The summed E-state index contributed by atoms with van der Waals surface area (Å²) in [6, 6.07) is 12.8. The normalized spacial score (nSPS) is 11.0. The maximum atomic E-state index is 12.3. The lowest BCUT2D eigenvalue weighted by atomic mass is 10.3. The van der Waals surface area contributed by atoms with E-state index in [1.54, 1.807) is 37.5 Å². The third-order valence-electron chi connectivity index (χ3n) is 5.36. The SMILES string of the molecule is Cc1ccc(-c2nc(O)c(C)s2)cn1.Cc1ccc(-c2nc(OS(=O)(=O)C(F)(F)F)c(C)s2)cn1.Cc1ccc(C#N)cn1. The van der Waals surface area contributed by atoms with Gasteiger partial charge in [-0.3, -0.25) is 15.0 Å². The van der Waals surface area contributed by atoms with Gasteiger partial charge in [0, 0.05) is 46.8 Å². The number of halogens is 3. The van der Waals surface area contributed by atoms with Crippen LogP contribution in [0, 0.1) is 45.9 Å². The summed E-state index contributed by atoms with van der Waals surface area (Å²) in [6.45, 7) is 8.87. The van der Waals surface area contributed by atoms with Crippen molar-refractivity contribution in [1.82, 2.24) is 24.9 Å². The van der Waals surface area contributed by atoms with Crippen LogP contribution < -0.4 is 4.18 Å². The Balaban J connectivity index is 0.000000197. The van der Waals surface area contributed by atoms with Gasteiger partial charge in [0.1, 0.15) is 16.1 Å². The number of aryl methyl sites for hydroxylation is 5. The Morgan fingerprint density at radius 1 is 0.773 bits per heavy atom. The summed E-state index contributed by atoms with van der Waals surface area (Å²) in [7, 11) is -5.72. The Morgan fingerprint density at radius 3 is 1.64 bits per heavy atom. The van der Waals surface area contributed by atoms with E-state index in [0.29, 0.717) is 16.1 Å². The minimum Gasteiger partial charge on any atom is -0.492 e. The van der Waals surface area contributed by atoms with Gasteiger partial charge in [-0.05, 0) is 71.0 Å². The van der Waals surface area contributed by atoms with Crippen molar-refractivity contribution in [2.75, 3.05) is 0 Å². The minimum atomic E-state index is -5.72. The quantitative estimate of drug-likeness (QED) is 0.160. The van der Waals surface area contributed by atoms with E-state index in [1.807, 2.05) is 45.0 Å². The van der Waals surface area contributed by atoms with Crippen LogP contribution in [0.2, 0.25) is 0 Å². The molecule has 10 nitrogen and oxygen atoms in total. The lowest BCUT2D eigenvalue weighted by Crippen LogP contribution is -2.28. The smallest absolute Gasteiger partial charge is 0.492 e. The first kappa shape index (κ1) is 34.0. The van der Waals surface area contributed by atoms with Crippen LogP contribution in [0.25, 0.3) is 21.1 Å². The number of pyridine rings is 3. The van der Waals surface area contributed by atoms with E-state index >= 15 is 0 Å². The minimum absolute atomic E-state index is 0.116. The average molecular weight is 663 g/mol. The second kappa shape index (κ2) is 14.3. The van der Waals surface area contributed by atoms with Crippen molar-refractivity contribution in [2.24, 2.45) is 0 Å². The third kappa shape index (κ3) is 9.27. The number of aromatic hydroxyl groups is 1. The molecule has 1 N–H and O–H groups in total. The molecule has 0 saturated heterocycles. The predicted octanol–water partition coefficient (Wildman–Crippen LogP) is 6.84. The molecule has 16 heteroatoms. The first-order chi connectivity index (χ1) is 20.6. The predicted molar refractivity (Wildman–Crippen MR) is 161 cm³/mol. The maximum absolute atomic E-state index is 12.3. The molecule has 0 saturated carbocycles. The van der Waals surface area contributed by atoms with Crippen LogP contribution in [0.4, 0.5) is 13.2 Å². The van der Waals surface area contributed by atoms with E-state index in [2.05, 4.69) is 29.1 Å². The Kier molecular flexibility index (Phi) is 11.1. The van der Waals surface area contributed by atoms with Crippen LogP contribution in [-0.2, 0) is 10.1 Å². The molecule has 0 radical (unpaired) electrons. The molecule has 230 valence electrons. The molecule has 0 aliphatic heterocycles. The molecular formula is C28H25F3N6O4S3. The zero-order valence-corrected chi connectivity index (χ0v) is 26.4. The van der Waals surface area contributed by atoms with Crippen LogP contribution in [-0.4, -0.2) is 44.0 Å². The molecule has 0 aromatic carbocycles. The Hall–Kier alpha value is -4.46. The van der Waals surface area contributed by atoms with Gasteiger partial charge in [-0.2, -0.15) is 26.9 Å². The number of rotatable bonds is 4. The largest absolute Gasteiger partial charge is 0.534 e. The number of hydrogen-bond acceptors (Lipinski definition) is 12. The fraction of sp³-hybridized carbons (Fsp3) is 0.214.